The van der Waals surface area contributed by atoms with Crippen LogP contribution in [0.5, 0.6) is 5.75 Å². The summed E-state index contributed by atoms with van der Waals surface area (Å²) < 4.78 is 50.9. The number of piperidine rings is 1. The van der Waals surface area contributed by atoms with Crippen molar-refractivity contribution in [2.45, 2.75) is 57.2 Å². The first-order valence-electron chi connectivity index (χ1n) is 14.3. The average molecular weight is 561 g/mol. The van der Waals surface area contributed by atoms with Crippen molar-refractivity contribution in [3.05, 3.63) is 64.7 Å². The largest absolute Gasteiger partial charge is 0.491 e. The molecule has 1 amide bonds. The summed E-state index contributed by atoms with van der Waals surface area (Å²) in [7, 11) is 3.33. The molecule has 2 aromatic rings. The topological polar surface area (TPSA) is 69.3 Å². The van der Waals surface area contributed by atoms with E-state index in [0.29, 0.717) is 58.0 Å². The molecule has 0 aromatic heterocycles. The van der Waals surface area contributed by atoms with E-state index in [4.69, 9.17) is 18.9 Å². The number of benzene rings is 2. The Balaban J connectivity index is 1.63. The predicted octanol–water partition coefficient (Wildman–Crippen LogP) is 4.60. The fourth-order valence-electron chi connectivity index (χ4n) is 5.65. The van der Waals surface area contributed by atoms with Crippen molar-refractivity contribution >= 4 is 5.91 Å². The van der Waals surface area contributed by atoms with Gasteiger partial charge in [0.1, 0.15) is 18.0 Å². The van der Waals surface area contributed by atoms with Gasteiger partial charge in [0.05, 0.1) is 12.5 Å². The molecule has 2 fully saturated rings. The minimum Gasteiger partial charge on any atom is -0.491 e. The first-order chi connectivity index (χ1) is 19.4. The Morgan fingerprint density at radius 2 is 1.80 bits per heavy atom. The highest BCUT2D eigenvalue weighted by atomic mass is 19.2. The van der Waals surface area contributed by atoms with Gasteiger partial charge in [0, 0.05) is 46.6 Å². The second kappa shape index (κ2) is 14.3. The second-order valence-corrected chi connectivity index (χ2v) is 10.6. The van der Waals surface area contributed by atoms with Gasteiger partial charge in [-0.15, -0.1) is 0 Å². The van der Waals surface area contributed by atoms with E-state index in [0.717, 1.165) is 48.6 Å². The Kier molecular flexibility index (Phi) is 10.9. The SMILES string of the molecule is CCO[C@]1(c2ccc(F)c(F)c2)CCNC[C@@H]1C(=O)N(Cc1cc(CCCOC)cc(OCCOC)c1)C1CC1. The van der Waals surface area contributed by atoms with Gasteiger partial charge in [0.15, 0.2) is 11.6 Å². The third-order valence-corrected chi connectivity index (χ3v) is 7.71. The molecule has 4 rings (SSSR count). The molecule has 1 saturated heterocycles. The highest BCUT2D eigenvalue weighted by Gasteiger charge is 2.50. The quantitative estimate of drug-likeness (QED) is 0.321. The zero-order valence-electron chi connectivity index (χ0n) is 23.8. The first kappa shape index (κ1) is 30.4. The summed E-state index contributed by atoms with van der Waals surface area (Å²) in [4.78, 5) is 16.3. The van der Waals surface area contributed by atoms with E-state index >= 15 is 0 Å². The predicted molar refractivity (Wildman–Crippen MR) is 148 cm³/mol. The number of amides is 1. The number of ether oxygens (including phenoxy) is 4. The van der Waals surface area contributed by atoms with Gasteiger partial charge in [-0.05, 0) is 86.5 Å². The van der Waals surface area contributed by atoms with Crippen LogP contribution >= 0.6 is 0 Å². The van der Waals surface area contributed by atoms with Gasteiger partial charge < -0.3 is 29.2 Å². The van der Waals surface area contributed by atoms with Crippen molar-refractivity contribution in [1.29, 1.82) is 0 Å². The highest BCUT2D eigenvalue weighted by Crippen LogP contribution is 2.42. The lowest BCUT2D eigenvalue weighted by atomic mass is 9.75. The third-order valence-electron chi connectivity index (χ3n) is 7.71. The van der Waals surface area contributed by atoms with Crippen molar-refractivity contribution in [3.8, 4) is 5.75 Å². The van der Waals surface area contributed by atoms with Crippen molar-refractivity contribution in [2.75, 3.05) is 53.7 Å². The van der Waals surface area contributed by atoms with Gasteiger partial charge in [-0.1, -0.05) is 12.1 Å². The summed E-state index contributed by atoms with van der Waals surface area (Å²) in [5.74, 6) is -1.74. The van der Waals surface area contributed by atoms with Gasteiger partial charge in [0.2, 0.25) is 5.91 Å². The smallest absolute Gasteiger partial charge is 0.230 e. The standard InChI is InChI=1S/C31H42F2N2O5/c1-4-40-31(24-7-10-28(32)29(33)19-24)11-12-34-20-27(31)30(36)35(25-8-9-25)21-23-16-22(6-5-13-37-2)17-26(18-23)39-15-14-38-3/h7,10,16-19,25,27,34H,4-6,8-9,11-15,20-21H2,1-3H3/t27-,31+/m1/s1. The van der Waals surface area contributed by atoms with Gasteiger partial charge in [-0.3, -0.25) is 4.79 Å². The molecule has 1 saturated carbocycles. The van der Waals surface area contributed by atoms with Gasteiger partial charge in [-0.25, -0.2) is 8.78 Å². The van der Waals surface area contributed by atoms with Crippen LogP contribution in [0.4, 0.5) is 8.78 Å². The maximum atomic E-state index is 14.4. The van der Waals surface area contributed by atoms with Crippen molar-refractivity contribution in [1.82, 2.24) is 10.2 Å². The molecule has 1 aliphatic heterocycles. The molecule has 2 aliphatic rings. The number of rotatable bonds is 15. The monoisotopic (exact) mass is 560 g/mol. The van der Waals surface area contributed by atoms with Crippen molar-refractivity contribution in [3.63, 3.8) is 0 Å². The number of nitrogens with zero attached hydrogens (tertiary/aromatic N) is 1. The zero-order valence-corrected chi connectivity index (χ0v) is 23.8. The van der Waals surface area contributed by atoms with Crippen LogP contribution in [0.2, 0.25) is 0 Å². The summed E-state index contributed by atoms with van der Waals surface area (Å²) in [5.41, 5.74) is 1.56. The molecule has 1 N–H and O–H groups in total. The molecule has 1 aliphatic carbocycles. The molecule has 1 heterocycles. The lowest BCUT2D eigenvalue weighted by Crippen LogP contribution is -2.56. The number of aryl methyl sites for hydroxylation is 1. The fraction of sp³-hybridized carbons (Fsp3) is 0.581. The Morgan fingerprint density at radius 1 is 1.02 bits per heavy atom. The molecule has 40 heavy (non-hydrogen) atoms. The molecule has 0 radical (unpaired) electrons. The van der Waals surface area contributed by atoms with Gasteiger partial charge in [-0.2, -0.15) is 0 Å². The Bertz CT molecular complexity index is 1100. The molecule has 0 unspecified atom stereocenters. The van der Waals surface area contributed by atoms with Crippen LogP contribution in [0.3, 0.4) is 0 Å². The summed E-state index contributed by atoms with van der Waals surface area (Å²) in [6, 6.07) is 10.1. The highest BCUT2D eigenvalue weighted by molar-refractivity contribution is 5.81. The molecule has 2 aromatic carbocycles. The number of nitrogens with one attached hydrogen (secondary N) is 1. The number of carbonyl (C=O) groups is 1. The molecule has 220 valence electrons. The Morgan fingerprint density at radius 3 is 2.50 bits per heavy atom. The first-order valence-corrected chi connectivity index (χ1v) is 14.3. The maximum absolute atomic E-state index is 14.4. The Hall–Kier alpha value is -2.59. The third kappa shape index (κ3) is 7.37. The number of hydrogen-bond acceptors (Lipinski definition) is 6. The van der Waals surface area contributed by atoms with Crippen LogP contribution in [0.15, 0.2) is 36.4 Å². The Labute approximate surface area is 236 Å². The second-order valence-electron chi connectivity index (χ2n) is 10.6. The lowest BCUT2D eigenvalue weighted by molar-refractivity contribution is -0.159. The zero-order chi connectivity index (χ0) is 28.5. The van der Waals surface area contributed by atoms with Crippen LogP contribution in [-0.2, 0) is 37.6 Å². The average Bonchev–Trinajstić information content (AvgIpc) is 3.79. The molecular formula is C31H42F2N2O5. The minimum atomic E-state index is -1.05. The molecular weight excluding hydrogens is 518 g/mol. The fourth-order valence-corrected chi connectivity index (χ4v) is 5.65. The summed E-state index contributed by atoms with van der Waals surface area (Å²) >= 11 is 0. The van der Waals surface area contributed by atoms with Crippen LogP contribution in [0.1, 0.15) is 49.3 Å². The molecule has 7 nitrogen and oxygen atoms in total. The summed E-state index contributed by atoms with van der Waals surface area (Å²) in [6.45, 7) is 5.21. The molecule has 9 heteroatoms. The van der Waals surface area contributed by atoms with E-state index in [1.54, 1.807) is 20.3 Å². The van der Waals surface area contributed by atoms with E-state index < -0.39 is 23.2 Å². The van der Waals surface area contributed by atoms with Crippen molar-refractivity contribution < 1.29 is 32.5 Å². The van der Waals surface area contributed by atoms with E-state index in [2.05, 4.69) is 11.4 Å². The van der Waals surface area contributed by atoms with Crippen LogP contribution in [0, 0.1) is 17.6 Å². The van der Waals surface area contributed by atoms with E-state index in [-0.39, 0.29) is 11.9 Å². The maximum Gasteiger partial charge on any atom is 0.230 e. The van der Waals surface area contributed by atoms with E-state index in [1.165, 1.54) is 6.07 Å². The van der Waals surface area contributed by atoms with Crippen LogP contribution < -0.4 is 10.1 Å². The number of carbonyl (C=O) groups excluding carboxylic acids is 1. The minimum absolute atomic E-state index is 0.0421. The lowest BCUT2D eigenvalue weighted by Gasteiger charge is -2.45. The number of hydrogen-bond donors (Lipinski definition) is 1. The normalized spacial score (nSPS) is 20.9. The van der Waals surface area contributed by atoms with E-state index in [9.17, 15) is 13.6 Å². The van der Waals surface area contributed by atoms with Crippen LogP contribution in [0.25, 0.3) is 0 Å². The molecule has 2 atom stereocenters. The van der Waals surface area contributed by atoms with Crippen molar-refractivity contribution in [2.24, 2.45) is 5.92 Å². The van der Waals surface area contributed by atoms with Crippen LogP contribution in [-0.4, -0.2) is 70.6 Å². The van der Waals surface area contributed by atoms with E-state index in [1.807, 2.05) is 24.0 Å². The molecule has 0 bridgehead atoms. The number of halogens is 2. The summed E-state index contributed by atoms with van der Waals surface area (Å²) in [5, 5.41) is 3.34. The number of methoxy groups -OCH3 is 2. The summed E-state index contributed by atoms with van der Waals surface area (Å²) in [6.07, 6.45) is 4.05. The molecule has 0 spiro atoms. The van der Waals surface area contributed by atoms with Gasteiger partial charge >= 0.3 is 0 Å². The van der Waals surface area contributed by atoms with Gasteiger partial charge in [0.25, 0.3) is 0 Å².